The van der Waals surface area contributed by atoms with Crippen LogP contribution in [0, 0.1) is 5.41 Å². The van der Waals surface area contributed by atoms with Crippen LogP contribution in [0.1, 0.15) is 40.0 Å². The van der Waals surface area contributed by atoms with Gasteiger partial charge in [0, 0.05) is 0 Å². The van der Waals surface area contributed by atoms with Gasteiger partial charge in [-0.15, -0.1) is 0 Å². The largest absolute Gasteiger partial charge is 0.343 e. The minimum absolute atomic E-state index is 0.0257. The Morgan fingerprint density at radius 1 is 1.35 bits per heavy atom. The van der Waals surface area contributed by atoms with Crippen LogP contribution in [0.15, 0.2) is 23.3 Å². The summed E-state index contributed by atoms with van der Waals surface area (Å²) in [6.07, 6.45) is 5.73. The summed E-state index contributed by atoms with van der Waals surface area (Å²) in [6.45, 7) is 6.18. The van der Waals surface area contributed by atoms with Gasteiger partial charge in [0.15, 0.2) is 0 Å². The lowest BCUT2D eigenvalue weighted by Crippen LogP contribution is -2.36. The Kier molecular flexibility index (Phi) is 3.91. The van der Waals surface area contributed by atoms with Crippen molar-refractivity contribution in [3.05, 3.63) is 23.3 Å². The molecule has 0 aromatic heterocycles. The Hall–Kier alpha value is -0.970. The van der Waals surface area contributed by atoms with E-state index in [9.17, 15) is 4.79 Å². The Balaban J connectivity index is 2.94. The van der Waals surface area contributed by atoms with E-state index < -0.39 is 11.8 Å². The molecule has 0 amide bonds. The van der Waals surface area contributed by atoms with Gasteiger partial charge in [0.2, 0.25) is 5.78 Å². The summed E-state index contributed by atoms with van der Waals surface area (Å²) in [5.41, 5.74) is 2.20. The lowest BCUT2D eigenvalue weighted by atomic mass is 9.72. The topological polar surface area (TPSA) is 77.8 Å². The molecule has 1 rings (SSSR count). The number of ketones is 1. The molecule has 0 radical (unpaired) electrons. The van der Waals surface area contributed by atoms with Crippen molar-refractivity contribution < 1.29 is 20.1 Å². The molecule has 0 aromatic rings. The number of carbonyl (C=O) groups excluding carboxylic acids is 1. The van der Waals surface area contributed by atoms with Crippen LogP contribution in [-0.2, 0) is 4.79 Å². The lowest BCUT2D eigenvalue weighted by Gasteiger charge is -2.32. The molecular weight excluding hydrogens is 220 g/mol. The van der Waals surface area contributed by atoms with Gasteiger partial charge in [-0.25, -0.2) is 0 Å². The highest BCUT2D eigenvalue weighted by molar-refractivity contribution is 5.94. The number of hydrogen-bond donors (Lipinski definition) is 3. The lowest BCUT2D eigenvalue weighted by molar-refractivity contribution is -0.283. The van der Waals surface area contributed by atoms with Crippen molar-refractivity contribution in [3.63, 3.8) is 0 Å². The van der Waals surface area contributed by atoms with E-state index in [1.54, 1.807) is 6.08 Å². The smallest absolute Gasteiger partial charge is 0.337 e. The predicted molar refractivity (Wildman–Crippen MR) is 63.9 cm³/mol. The zero-order chi connectivity index (χ0) is 13.3. The van der Waals surface area contributed by atoms with Gasteiger partial charge in [-0.05, 0) is 43.3 Å². The maximum Gasteiger partial charge on any atom is 0.343 e. The van der Waals surface area contributed by atoms with Crippen molar-refractivity contribution in [2.75, 3.05) is 0 Å². The Labute approximate surface area is 101 Å². The van der Waals surface area contributed by atoms with Gasteiger partial charge in [-0.1, -0.05) is 25.5 Å². The molecule has 1 aliphatic carbocycles. The first kappa shape index (κ1) is 14.1. The molecule has 1 aliphatic rings. The SMILES string of the molecule is CC1=C(/C=C/C(=O)C(O)(O)O)C(C)(C)CCC1. The van der Waals surface area contributed by atoms with Crippen molar-refractivity contribution in [2.24, 2.45) is 5.41 Å². The zero-order valence-corrected chi connectivity index (χ0v) is 10.5. The summed E-state index contributed by atoms with van der Waals surface area (Å²) in [5.74, 6) is -4.40. The number of hydrogen-bond acceptors (Lipinski definition) is 4. The molecule has 0 saturated carbocycles. The number of carbonyl (C=O) groups is 1. The van der Waals surface area contributed by atoms with Gasteiger partial charge < -0.3 is 15.3 Å². The van der Waals surface area contributed by atoms with Crippen LogP contribution in [0.3, 0.4) is 0 Å². The minimum Gasteiger partial charge on any atom is -0.337 e. The molecule has 0 aliphatic heterocycles. The van der Waals surface area contributed by atoms with Gasteiger partial charge >= 0.3 is 5.97 Å². The molecule has 0 heterocycles. The predicted octanol–water partition coefficient (Wildman–Crippen LogP) is 1.27. The Morgan fingerprint density at radius 3 is 2.41 bits per heavy atom. The number of allylic oxidation sites excluding steroid dienone is 3. The molecule has 0 unspecified atom stereocenters. The van der Waals surface area contributed by atoms with E-state index in [0.717, 1.165) is 30.9 Å². The van der Waals surface area contributed by atoms with E-state index in [1.165, 1.54) is 5.57 Å². The van der Waals surface area contributed by atoms with E-state index >= 15 is 0 Å². The van der Waals surface area contributed by atoms with Crippen LogP contribution in [0.4, 0.5) is 0 Å². The highest BCUT2D eigenvalue weighted by Crippen LogP contribution is 2.40. The van der Waals surface area contributed by atoms with Crippen LogP contribution in [0.2, 0.25) is 0 Å². The van der Waals surface area contributed by atoms with E-state index in [1.807, 2.05) is 6.92 Å². The summed E-state index contributed by atoms with van der Waals surface area (Å²) in [7, 11) is 0. The quantitative estimate of drug-likeness (QED) is 0.513. The van der Waals surface area contributed by atoms with Crippen molar-refractivity contribution in [3.8, 4) is 0 Å². The van der Waals surface area contributed by atoms with E-state index in [-0.39, 0.29) is 5.41 Å². The van der Waals surface area contributed by atoms with Crippen LogP contribution in [0.25, 0.3) is 0 Å². The van der Waals surface area contributed by atoms with E-state index in [0.29, 0.717) is 0 Å². The highest BCUT2D eigenvalue weighted by Gasteiger charge is 2.30. The molecule has 96 valence electrons. The summed E-state index contributed by atoms with van der Waals surface area (Å²) >= 11 is 0. The monoisotopic (exact) mass is 240 g/mol. The van der Waals surface area contributed by atoms with Crippen molar-refractivity contribution in [1.82, 2.24) is 0 Å². The molecule has 0 saturated heterocycles. The molecule has 0 atom stereocenters. The fourth-order valence-electron chi connectivity index (χ4n) is 2.28. The van der Waals surface area contributed by atoms with Crippen LogP contribution in [0.5, 0.6) is 0 Å². The second kappa shape index (κ2) is 4.72. The molecule has 0 fully saturated rings. The van der Waals surface area contributed by atoms with E-state index in [2.05, 4.69) is 13.8 Å². The number of aliphatic hydroxyl groups is 3. The summed E-state index contributed by atoms with van der Waals surface area (Å²) in [6, 6.07) is 0. The minimum atomic E-state index is -3.27. The maximum atomic E-state index is 11.2. The summed E-state index contributed by atoms with van der Waals surface area (Å²) in [5, 5.41) is 26.1. The van der Waals surface area contributed by atoms with Crippen molar-refractivity contribution in [1.29, 1.82) is 0 Å². The molecule has 17 heavy (non-hydrogen) atoms. The normalized spacial score (nSPS) is 21.1. The third-order valence-corrected chi connectivity index (χ3v) is 3.27. The average Bonchev–Trinajstić information content (AvgIpc) is 2.14. The first-order valence-corrected chi connectivity index (χ1v) is 5.74. The fourth-order valence-corrected chi connectivity index (χ4v) is 2.28. The average molecular weight is 240 g/mol. The van der Waals surface area contributed by atoms with Gasteiger partial charge in [-0.3, -0.25) is 4.79 Å². The van der Waals surface area contributed by atoms with Crippen molar-refractivity contribution >= 4 is 5.78 Å². The molecule has 0 bridgehead atoms. The summed E-state index contributed by atoms with van der Waals surface area (Å²) in [4.78, 5) is 11.2. The first-order valence-electron chi connectivity index (χ1n) is 5.74. The fraction of sp³-hybridized carbons (Fsp3) is 0.615. The Bertz CT molecular complexity index is 369. The second-order valence-corrected chi connectivity index (χ2v) is 5.26. The third kappa shape index (κ3) is 3.49. The molecule has 0 aromatic carbocycles. The van der Waals surface area contributed by atoms with E-state index in [4.69, 9.17) is 15.3 Å². The molecule has 3 N–H and O–H groups in total. The second-order valence-electron chi connectivity index (χ2n) is 5.26. The van der Waals surface area contributed by atoms with Crippen LogP contribution >= 0.6 is 0 Å². The van der Waals surface area contributed by atoms with Gasteiger partial charge in [0.05, 0.1) is 0 Å². The molecule has 4 nitrogen and oxygen atoms in total. The first-order chi connectivity index (χ1) is 7.64. The van der Waals surface area contributed by atoms with Crippen molar-refractivity contribution in [2.45, 2.75) is 46.0 Å². The molecule has 4 heteroatoms. The Morgan fingerprint density at radius 2 is 1.94 bits per heavy atom. The zero-order valence-electron chi connectivity index (χ0n) is 10.5. The van der Waals surface area contributed by atoms with Crippen LogP contribution in [-0.4, -0.2) is 27.1 Å². The third-order valence-electron chi connectivity index (χ3n) is 3.27. The summed E-state index contributed by atoms with van der Waals surface area (Å²) < 4.78 is 0. The van der Waals surface area contributed by atoms with Gasteiger partial charge in [-0.2, -0.15) is 0 Å². The molecule has 0 spiro atoms. The van der Waals surface area contributed by atoms with Gasteiger partial charge in [0.25, 0.3) is 0 Å². The standard InChI is InChI=1S/C13H20O4/c1-9-5-4-8-12(2,3)10(9)6-7-11(14)13(15,16)17/h6-7,15-17H,4-5,8H2,1-3H3/b7-6+. The number of rotatable bonds is 3. The molecular formula is C13H20O4. The van der Waals surface area contributed by atoms with Crippen LogP contribution < -0.4 is 0 Å². The van der Waals surface area contributed by atoms with Gasteiger partial charge in [0.1, 0.15) is 0 Å². The highest BCUT2D eigenvalue weighted by atomic mass is 16.7. The maximum absolute atomic E-state index is 11.2.